The summed E-state index contributed by atoms with van der Waals surface area (Å²) in [5, 5.41) is 11.8. The number of nitrogens with one attached hydrogen (secondary N) is 1. The van der Waals surface area contributed by atoms with Gasteiger partial charge in [-0.15, -0.1) is 11.8 Å². The van der Waals surface area contributed by atoms with Crippen molar-refractivity contribution in [3.63, 3.8) is 0 Å². The molecule has 0 aliphatic carbocycles. The minimum absolute atomic E-state index is 0.0986. The maximum Gasteiger partial charge on any atom is 0.305 e. The number of aliphatic carboxylic acids is 1. The highest BCUT2D eigenvalue weighted by atomic mass is 79.9. The smallest absolute Gasteiger partial charge is 0.305 e. The molecule has 0 radical (unpaired) electrons. The molecule has 22 heavy (non-hydrogen) atoms. The molecule has 1 saturated heterocycles. The van der Waals surface area contributed by atoms with Gasteiger partial charge in [-0.05, 0) is 30.7 Å². The summed E-state index contributed by atoms with van der Waals surface area (Å²) < 4.78 is 6.28. The Morgan fingerprint density at radius 3 is 2.68 bits per heavy atom. The first kappa shape index (κ1) is 17.3. The number of carbonyl (C=O) groups excluding carboxylic acids is 1. The van der Waals surface area contributed by atoms with Crippen LogP contribution in [0.25, 0.3) is 0 Å². The Morgan fingerprint density at radius 2 is 2.09 bits per heavy atom. The van der Waals surface area contributed by atoms with Crippen molar-refractivity contribution >= 4 is 39.6 Å². The molecule has 1 fully saturated rings. The summed E-state index contributed by atoms with van der Waals surface area (Å²) in [6.45, 7) is 0.756. The first-order valence-corrected chi connectivity index (χ1v) is 8.76. The Hall–Kier alpha value is -1.05. The molecule has 0 spiro atoms. The molecule has 2 rings (SSSR count). The monoisotopic (exact) mass is 387 g/mol. The molecular weight excluding hydrogens is 370 g/mol. The number of benzene rings is 1. The summed E-state index contributed by atoms with van der Waals surface area (Å²) in [7, 11) is 0. The van der Waals surface area contributed by atoms with Crippen LogP contribution in [0.5, 0.6) is 0 Å². The highest BCUT2D eigenvalue weighted by molar-refractivity contribution is 9.10. The van der Waals surface area contributed by atoms with E-state index in [9.17, 15) is 9.59 Å². The van der Waals surface area contributed by atoms with Crippen LogP contribution in [-0.4, -0.2) is 41.5 Å². The second kappa shape index (κ2) is 7.99. The fraction of sp³-hybridized carbons (Fsp3) is 0.467. The van der Waals surface area contributed by atoms with E-state index in [1.807, 2.05) is 24.3 Å². The number of hydrogen-bond donors (Lipinski definition) is 2. The summed E-state index contributed by atoms with van der Waals surface area (Å²) in [6.07, 6.45) is 0.797. The van der Waals surface area contributed by atoms with Crippen LogP contribution in [0.4, 0.5) is 0 Å². The standard InChI is InChI=1S/C15H18BrNO4S/c16-11-1-3-12(4-2-11)22-8-5-13(18)17-15(9-14(19)20)6-7-21-10-15/h1-4H,5-10H2,(H,17,18)(H,19,20). The number of carboxylic acids is 1. The van der Waals surface area contributed by atoms with Gasteiger partial charge in [0.25, 0.3) is 0 Å². The summed E-state index contributed by atoms with van der Waals surface area (Å²) >= 11 is 4.98. The van der Waals surface area contributed by atoms with Gasteiger partial charge in [0.15, 0.2) is 0 Å². The van der Waals surface area contributed by atoms with Gasteiger partial charge in [0, 0.05) is 28.1 Å². The lowest BCUT2D eigenvalue weighted by atomic mass is 9.94. The molecule has 0 saturated carbocycles. The Balaban J connectivity index is 1.79. The Bertz CT molecular complexity index is 529. The molecule has 1 amide bonds. The van der Waals surface area contributed by atoms with Crippen LogP contribution in [0.3, 0.4) is 0 Å². The molecule has 1 aromatic rings. The van der Waals surface area contributed by atoms with Crippen LogP contribution < -0.4 is 5.32 Å². The molecule has 1 heterocycles. The maximum absolute atomic E-state index is 12.0. The molecule has 2 N–H and O–H groups in total. The first-order valence-electron chi connectivity index (χ1n) is 6.98. The fourth-order valence-electron chi connectivity index (χ4n) is 2.33. The zero-order valence-electron chi connectivity index (χ0n) is 12.0. The van der Waals surface area contributed by atoms with Gasteiger partial charge in [-0.2, -0.15) is 0 Å². The van der Waals surface area contributed by atoms with Gasteiger partial charge < -0.3 is 15.2 Å². The predicted octanol–water partition coefficient (Wildman–Crippen LogP) is 2.68. The number of carbonyl (C=O) groups is 2. The molecule has 1 aromatic carbocycles. The molecule has 1 atom stereocenters. The molecule has 1 unspecified atom stereocenters. The van der Waals surface area contributed by atoms with Crippen molar-refractivity contribution < 1.29 is 19.4 Å². The molecule has 0 bridgehead atoms. The molecule has 7 heteroatoms. The van der Waals surface area contributed by atoms with Gasteiger partial charge in [0.05, 0.1) is 18.6 Å². The number of hydrogen-bond acceptors (Lipinski definition) is 4. The summed E-state index contributed by atoms with van der Waals surface area (Å²) in [6, 6.07) is 7.90. The van der Waals surface area contributed by atoms with Gasteiger partial charge in [-0.3, -0.25) is 9.59 Å². The Labute approximate surface area is 141 Å². The van der Waals surface area contributed by atoms with E-state index >= 15 is 0 Å². The Kier molecular flexibility index (Phi) is 6.28. The molecule has 1 aliphatic rings. The quantitative estimate of drug-likeness (QED) is 0.703. The van der Waals surface area contributed by atoms with E-state index in [-0.39, 0.29) is 18.9 Å². The topological polar surface area (TPSA) is 75.6 Å². The van der Waals surface area contributed by atoms with Gasteiger partial charge in [-0.25, -0.2) is 0 Å². The van der Waals surface area contributed by atoms with Crippen LogP contribution in [0.2, 0.25) is 0 Å². The number of rotatable bonds is 7. The van der Waals surface area contributed by atoms with Gasteiger partial charge in [-0.1, -0.05) is 15.9 Å². The van der Waals surface area contributed by atoms with E-state index in [0.717, 1.165) is 9.37 Å². The lowest BCUT2D eigenvalue weighted by Gasteiger charge is -2.27. The average Bonchev–Trinajstić information content (AvgIpc) is 2.88. The first-order chi connectivity index (χ1) is 10.5. The largest absolute Gasteiger partial charge is 0.481 e. The molecule has 0 aromatic heterocycles. The van der Waals surface area contributed by atoms with E-state index in [2.05, 4.69) is 21.2 Å². The highest BCUT2D eigenvalue weighted by Gasteiger charge is 2.38. The maximum atomic E-state index is 12.0. The lowest BCUT2D eigenvalue weighted by molar-refractivity contribution is -0.139. The number of thioether (sulfide) groups is 1. The number of ether oxygens (including phenoxy) is 1. The molecule has 5 nitrogen and oxygen atoms in total. The van der Waals surface area contributed by atoms with E-state index in [0.29, 0.717) is 25.2 Å². The third-order valence-corrected chi connectivity index (χ3v) is 4.95. The number of carboxylic acid groups (broad SMARTS) is 1. The number of halogens is 1. The van der Waals surface area contributed by atoms with Crippen molar-refractivity contribution in [2.24, 2.45) is 0 Å². The van der Waals surface area contributed by atoms with Gasteiger partial charge >= 0.3 is 5.97 Å². The van der Waals surface area contributed by atoms with Crippen molar-refractivity contribution in [1.82, 2.24) is 5.32 Å². The summed E-state index contributed by atoms with van der Waals surface area (Å²) in [5.41, 5.74) is -0.745. The van der Waals surface area contributed by atoms with Crippen LogP contribution in [0.15, 0.2) is 33.6 Å². The zero-order chi connectivity index (χ0) is 16.0. The zero-order valence-corrected chi connectivity index (χ0v) is 14.4. The van der Waals surface area contributed by atoms with Crippen molar-refractivity contribution in [2.45, 2.75) is 29.7 Å². The van der Waals surface area contributed by atoms with E-state index in [1.165, 1.54) is 0 Å². The molecular formula is C15H18BrNO4S. The third-order valence-electron chi connectivity index (χ3n) is 3.41. The summed E-state index contributed by atoms with van der Waals surface area (Å²) in [4.78, 5) is 24.1. The second-order valence-corrected chi connectivity index (χ2v) is 7.34. The molecule has 1 aliphatic heterocycles. The minimum atomic E-state index is -0.921. The van der Waals surface area contributed by atoms with Crippen LogP contribution in [0, 0.1) is 0 Å². The second-order valence-electron chi connectivity index (χ2n) is 5.25. The average molecular weight is 388 g/mol. The van der Waals surface area contributed by atoms with E-state index in [1.54, 1.807) is 11.8 Å². The SMILES string of the molecule is O=C(O)CC1(NC(=O)CCSc2ccc(Br)cc2)CCOC1. The van der Waals surface area contributed by atoms with Crippen molar-refractivity contribution in [3.8, 4) is 0 Å². The molecule has 120 valence electrons. The van der Waals surface area contributed by atoms with Crippen LogP contribution >= 0.6 is 27.7 Å². The van der Waals surface area contributed by atoms with Gasteiger partial charge in [0.1, 0.15) is 0 Å². The normalized spacial score (nSPS) is 20.8. The van der Waals surface area contributed by atoms with Crippen molar-refractivity contribution in [2.75, 3.05) is 19.0 Å². The van der Waals surface area contributed by atoms with Crippen LogP contribution in [0.1, 0.15) is 19.3 Å². The highest BCUT2D eigenvalue weighted by Crippen LogP contribution is 2.24. The third kappa shape index (κ3) is 5.30. The van der Waals surface area contributed by atoms with Crippen molar-refractivity contribution in [3.05, 3.63) is 28.7 Å². The van der Waals surface area contributed by atoms with E-state index < -0.39 is 11.5 Å². The summed E-state index contributed by atoms with van der Waals surface area (Å²) in [5.74, 6) is -0.399. The number of amides is 1. The minimum Gasteiger partial charge on any atom is -0.481 e. The Morgan fingerprint density at radius 1 is 1.36 bits per heavy atom. The fourth-order valence-corrected chi connectivity index (χ4v) is 3.45. The van der Waals surface area contributed by atoms with Gasteiger partial charge in [0.2, 0.25) is 5.91 Å². The lowest BCUT2D eigenvalue weighted by Crippen LogP contribution is -2.50. The van der Waals surface area contributed by atoms with E-state index in [4.69, 9.17) is 9.84 Å². The van der Waals surface area contributed by atoms with Crippen LogP contribution in [-0.2, 0) is 14.3 Å². The predicted molar refractivity (Wildman–Crippen MR) is 88.0 cm³/mol. The van der Waals surface area contributed by atoms with Crippen molar-refractivity contribution in [1.29, 1.82) is 0 Å².